The van der Waals surface area contributed by atoms with Gasteiger partial charge in [-0.05, 0) is 30.7 Å². The molecule has 4 atom stereocenters. The summed E-state index contributed by atoms with van der Waals surface area (Å²) in [5.74, 6) is -4.92. The number of nitrogens with two attached hydrogens (primary N) is 1. The molecule has 1 fully saturated rings. The molecule has 0 aliphatic heterocycles. The van der Waals surface area contributed by atoms with Crippen molar-refractivity contribution < 1.29 is 33.4 Å². The summed E-state index contributed by atoms with van der Waals surface area (Å²) >= 11 is 0. The highest BCUT2D eigenvalue weighted by atomic mass is 16.5. The molecule has 0 aromatic heterocycles. The van der Waals surface area contributed by atoms with E-state index >= 15 is 0 Å². The molecule has 0 unspecified atom stereocenters. The Morgan fingerprint density at radius 2 is 1.22 bits per heavy atom. The highest BCUT2D eigenvalue weighted by Gasteiger charge is 2.50. The molecule has 2 N–H and O–H groups in total. The molecule has 3 rings (SSSR count). The van der Waals surface area contributed by atoms with Crippen LogP contribution in [0.2, 0.25) is 0 Å². The van der Waals surface area contributed by atoms with Gasteiger partial charge in [-0.2, -0.15) is 0 Å². The maximum absolute atomic E-state index is 12.4. The van der Waals surface area contributed by atoms with E-state index in [1.165, 1.54) is 7.11 Å². The highest BCUT2D eigenvalue weighted by molar-refractivity contribution is 5.90. The van der Waals surface area contributed by atoms with Crippen molar-refractivity contribution in [2.75, 3.05) is 20.3 Å². The number of carbonyl (C=O) groups is 4. The molecule has 1 saturated carbocycles. The Balaban J connectivity index is 1.77. The minimum atomic E-state index is -0.733. The van der Waals surface area contributed by atoms with Gasteiger partial charge in [0, 0.05) is 17.8 Å². The molecule has 0 heterocycles. The number of amides is 1. The van der Waals surface area contributed by atoms with Crippen molar-refractivity contribution in [2.24, 2.45) is 29.4 Å². The zero-order chi connectivity index (χ0) is 23.1. The van der Waals surface area contributed by atoms with Crippen molar-refractivity contribution in [1.82, 2.24) is 0 Å². The van der Waals surface area contributed by atoms with Gasteiger partial charge in [0.1, 0.15) is 0 Å². The normalized spacial score (nSPS) is 22.0. The second-order valence-electron chi connectivity index (χ2n) is 7.63. The number of methoxy groups -OCH3 is 1. The lowest BCUT2D eigenvalue weighted by Crippen LogP contribution is -2.35. The fraction of sp³-hybridized carbons (Fsp3) is 0.333. The van der Waals surface area contributed by atoms with E-state index in [2.05, 4.69) is 0 Å². The molecule has 8 nitrogen and oxygen atoms in total. The number of esters is 3. The third kappa shape index (κ3) is 5.32. The van der Waals surface area contributed by atoms with Crippen LogP contribution in [0.3, 0.4) is 0 Å². The first kappa shape index (κ1) is 23.0. The molecular weight excluding hydrogens is 414 g/mol. The van der Waals surface area contributed by atoms with Gasteiger partial charge in [-0.25, -0.2) is 9.59 Å². The molecule has 32 heavy (non-hydrogen) atoms. The van der Waals surface area contributed by atoms with Gasteiger partial charge in [0.15, 0.2) is 0 Å². The van der Waals surface area contributed by atoms with Crippen LogP contribution in [0.5, 0.6) is 0 Å². The first-order valence-electron chi connectivity index (χ1n) is 10.2. The van der Waals surface area contributed by atoms with Crippen LogP contribution in [-0.2, 0) is 23.8 Å². The molecule has 1 amide bonds. The Morgan fingerprint density at radius 3 is 1.62 bits per heavy atom. The van der Waals surface area contributed by atoms with Gasteiger partial charge < -0.3 is 19.9 Å². The fourth-order valence-electron chi connectivity index (χ4n) is 4.11. The summed E-state index contributed by atoms with van der Waals surface area (Å²) in [6, 6.07) is 16.8. The van der Waals surface area contributed by atoms with E-state index in [-0.39, 0.29) is 19.6 Å². The van der Waals surface area contributed by atoms with Gasteiger partial charge in [-0.1, -0.05) is 36.4 Å². The van der Waals surface area contributed by atoms with Crippen LogP contribution in [0.4, 0.5) is 0 Å². The summed E-state index contributed by atoms with van der Waals surface area (Å²) < 4.78 is 15.8. The summed E-state index contributed by atoms with van der Waals surface area (Å²) in [6.45, 7) is -0.298. The van der Waals surface area contributed by atoms with Crippen molar-refractivity contribution in [1.29, 1.82) is 0 Å². The number of primary amides is 1. The van der Waals surface area contributed by atoms with E-state index in [0.717, 1.165) is 0 Å². The van der Waals surface area contributed by atoms with Crippen LogP contribution in [0.15, 0.2) is 60.7 Å². The number of carbonyl (C=O) groups excluding carboxylic acids is 4. The Kier molecular flexibility index (Phi) is 7.59. The third-order valence-corrected chi connectivity index (χ3v) is 5.79. The fourth-order valence-corrected chi connectivity index (χ4v) is 4.11. The molecule has 1 aliphatic rings. The second-order valence-corrected chi connectivity index (χ2v) is 7.63. The molecule has 168 valence electrons. The van der Waals surface area contributed by atoms with E-state index in [0.29, 0.717) is 11.1 Å². The van der Waals surface area contributed by atoms with Gasteiger partial charge in [-0.3, -0.25) is 9.59 Å². The third-order valence-electron chi connectivity index (χ3n) is 5.79. The molecule has 2 aromatic carbocycles. The molecule has 8 heteroatoms. The van der Waals surface area contributed by atoms with Gasteiger partial charge in [0.05, 0.1) is 37.4 Å². The maximum Gasteiger partial charge on any atom is 0.338 e. The lowest BCUT2D eigenvalue weighted by atomic mass is 9.87. The van der Waals surface area contributed by atoms with Crippen LogP contribution in [0.25, 0.3) is 0 Å². The van der Waals surface area contributed by atoms with Gasteiger partial charge in [-0.15, -0.1) is 0 Å². The molecule has 0 saturated heterocycles. The van der Waals surface area contributed by atoms with Crippen LogP contribution >= 0.6 is 0 Å². The lowest BCUT2D eigenvalue weighted by Gasteiger charge is -2.25. The van der Waals surface area contributed by atoms with Crippen molar-refractivity contribution in [2.45, 2.75) is 6.42 Å². The van der Waals surface area contributed by atoms with Crippen molar-refractivity contribution in [3.05, 3.63) is 71.8 Å². The van der Waals surface area contributed by atoms with E-state index in [1.807, 2.05) is 0 Å². The number of hydrogen-bond donors (Lipinski definition) is 1. The Bertz CT molecular complexity index is 961. The quantitative estimate of drug-likeness (QED) is 0.494. The summed E-state index contributed by atoms with van der Waals surface area (Å²) in [5, 5.41) is 0. The van der Waals surface area contributed by atoms with Gasteiger partial charge >= 0.3 is 17.9 Å². The predicted octanol–water partition coefficient (Wildman–Crippen LogP) is 2.23. The van der Waals surface area contributed by atoms with E-state index in [1.54, 1.807) is 60.7 Å². The Labute approximate surface area is 185 Å². The van der Waals surface area contributed by atoms with Crippen molar-refractivity contribution in [3.8, 4) is 0 Å². The molecule has 0 spiro atoms. The summed E-state index contributed by atoms with van der Waals surface area (Å²) in [6.07, 6.45) is 0.128. The van der Waals surface area contributed by atoms with Crippen LogP contribution in [-0.4, -0.2) is 44.1 Å². The minimum Gasteiger partial charge on any atom is -0.469 e. The average molecular weight is 439 g/mol. The zero-order valence-electron chi connectivity index (χ0n) is 17.6. The smallest absolute Gasteiger partial charge is 0.338 e. The predicted molar refractivity (Wildman–Crippen MR) is 113 cm³/mol. The molecular formula is C24H25NO7. The van der Waals surface area contributed by atoms with E-state index in [4.69, 9.17) is 19.9 Å². The number of ether oxygens (including phenoxy) is 3. The number of rotatable bonds is 8. The summed E-state index contributed by atoms with van der Waals surface area (Å²) in [5.41, 5.74) is 6.30. The zero-order valence-corrected chi connectivity index (χ0v) is 17.6. The molecule has 0 bridgehead atoms. The summed E-state index contributed by atoms with van der Waals surface area (Å²) in [7, 11) is 1.25. The van der Waals surface area contributed by atoms with E-state index < -0.39 is 47.5 Å². The summed E-state index contributed by atoms with van der Waals surface area (Å²) in [4.78, 5) is 49.3. The SMILES string of the molecule is COC(=O)[C@H]1C[C@@H](C(N)=O)[C@H](COC(=O)c2ccccc2)[C@H]1COC(=O)c1ccccc1. The molecule has 1 aliphatic carbocycles. The van der Waals surface area contributed by atoms with Crippen molar-refractivity contribution >= 4 is 23.8 Å². The topological polar surface area (TPSA) is 122 Å². The maximum atomic E-state index is 12.4. The van der Waals surface area contributed by atoms with Crippen LogP contribution < -0.4 is 5.73 Å². The van der Waals surface area contributed by atoms with Crippen molar-refractivity contribution in [3.63, 3.8) is 0 Å². The molecule has 0 radical (unpaired) electrons. The second kappa shape index (κ2) is 10.6. The molecule has 2 aromatic rings. The average Bonchev–Trinajstić information content (AvgIpc) is 3.20. The van der Waals surface area contributed by atoms with Gasteiger partial charge in [0.25, 0.3) is 0 Å². The first-order valence-corrected chi connectivity index (χ1v) is 10.2. The van der Waals surface area contributed by atoms with Crippen LogP contribution in [0, 0.1) is 23.7 Å². The number of benzene rings is 2. The Morgan fingerprint density at radius 1 is 0.781 bits per heavy atom. The highest BCUT2D eigenvalue weighted by Crippen LogP contribution is 2.43. The van der Waals surface area contributed by atoms with Gasteiger partial charge in [0.2, 0.25) is 5.91 Å². The lowest BCUT2D eigenvalue weighted by molar-refractivity contribution is -0.147. The first-order chi connectivity index (χ1) is 15.4. The van der Waals surface area contributed by atoms with E-state index in [9.17, 15) is 19.2 Å². The standard InChI is InChI=1S/C24H25NO7/c1-30-24(29)18-12-17(21(25)26)19(13-31-22(27)15-8-4-2-5-9-15)20(18)14-32-23(28)16-10-6-3-7-11-16/h2-11,17-20H,12-14H2,1H3,(H2,25,26)/t17-,18+,19+,20+/m1/s1. The minimum absolute atomic E-state index is 0.128. The van der Waals surface area contributed by atoms with Crippen LogP contribution in [0.1, 0.15) is 27.1 Å². The Hall–Kier alpha value is -3.68. The number of hydrogen-bond acceptors (Lipinski definition) is 7. The monoisotopic (exact) mass is 439 g/mol. The largest absolute Gasteiger partial charge is 0.469 e.